The summed E-state index contributed by atoms with van der Waals surface area (Å²) in [5, 5.41) is 12.8. The Morgan fingerprint density at radius 1 is 1.24 bits per heavy atom. The van der Waals surface area contributed by atoms with Crippen molar-refractivity contribution < 1.29 is 9.53 Å². The molecule has 38 heavy (non-hydrogen) atoms. The average Bonchev–Trinajstić information content (AvgIpc) is 3.28. The van der Waals surface area contributed by atoms with Crippen molar-refractivity contribution in [2.75, 3.05) is 33.3 Å². The van der Waals surface area contributed by atoms with E-state index in [0.29, 0.717) is 24.9 Å². The number of piperazine rings is 1. The average molecular weight is 519 g/mol. The Balaban J connectivity index is 1.31. The molecule has 10 heteroatoms. The maximum atomic E-state index is 13.9. The first-order chi connectivity index (χ1) is 18.3. The standard InChI is InChI=1S/C28H38N8O2/c1-19-6-7-20(2)26(31-21(3)16-19)35-13-9-28(10-14-35)27(37)36(15-12-30-28)18-23-25(33-34(4)32-23)22-8-11-29-24(17-22)38-5/h8,11,16-17,20,30H,3,6-7,9-10,12-15,18H2,1-2,4-5H3/b19-16-,31-26?. The molecule has 2 saturated heterocycles. The number of likely N-dealkylation sites (tertiary alicyclic amines) is 1. The van der Waals surface area contributed by atoms with Gasteiger partial charge in [0.25, 0.3) is 0 Å². The third-order valence-corrected chi connectivity index (χ3v) is 7.91. The van der Waals surface area contributed by atoms with Crippen LogP contribution < -0.4 is 10.1 Å². The quantitative estimate of drug-likeness (QED) is 0.664. The van der Waals surface area contributed by atoms with Gasteiger partial charge in [-0.3, -0.25) is 4.79 Å². The monoisotopic (exact) mass is 518 g/mol. The van der Waals surface area contributed by atoms with Crippen molar-refractivity contribution >= 4 is 11.7 Å². The summed E-state index contributed by atoms with van der Waals surface area (Å²) in [6, 6.07) is 3.73. The van der Waals surface area contributed by atoms with Crippen molar-refractivity contribution in [2.24, 2.45) is 18.0 Å². The Labute approximate surface area is 224 Å². The van der Waals surface area contributed by atoms with Crippen molar-refractivity contribution in [3.63, 3.8) is 0 Å². The van der Waals surface area contributed by atoms with Gasteiger partial charge >= 0.3 is 0 Å². The van der Waals surface area contributed by atoms with E-state index in [1.165, 1.54) is 5.57 Å². The fourth-order valence-electron chi connectivity index (χ4n) is 5.80. The molecule has 0 aromatic carbocycles. The van der Waals surface area contributed by atoms with Crippen molar-refractivity contribution in [2.45, 2.75) is 51.6 Å². The molecule has 0 radical (unpaired) electrons. The number of piperidine rings is 1. The summed E-state index contributed by atoms with van der Waals surface area (Å²) in [7, 11) is 3.39. The fourth-order valence-corrected chi connectivity index (χ4v) is 5.80. The minimum atomic E-state index is -0.560. The molecule has 3 aliphatic rings. The number of nitrogens with zero attached hydrogens (tertiary/aromatic N) is 7. The number of hydrogen-bond acceptors (Lipinski definition) is 8. The number of nitrogens with one attached hydrogen (secondary N) is 1. The molecule has 1 N–H and O–H groups in total. The second kappa shape index (κ2) is 10.7. The summed E-state index contributed by atoms with van der Waals surface area (Å²) >= 11 is 0. The lowest BCUT2D eigenvalue weighted by Gasteiger charge is -2.48. The van der Waals surface area contributed by atoms with Crippen molar-refractivity contribution in [1.29, 1.82) is 0 Å². The summed E-state index contributed by atoms with van der Waals surface area (Å²) in [5.74, 6) is 2.12. The predicted molar refractivity (Wildman–Crippen MR) is 146 cm³/mol. The van der Waals surface area contributed by atoms with Gasteiger partial charge in [0, 0.05) is 57.0 Å². The number of aromatic nitrogens is 4. The molecule has 2 aromatic rings. The summed E-state index contributed by atoms with van der Waals surface area (Å²) in [5.41, 5.74) is 3.96. The van der Waals surface area contributed by atoms with Crippen LogP contribution in [0.3, 0.4) is 0 Å². The molecule has 3 aliphatic heterocycles. The zero-order valence-corrected chi connectivity index (χ0v) is 22.9. The van der Waals surface area contributed by atoms with Crippen LogP contribution in [0, 0.1) is 5.92 Å². The minimum absolute atomic E-state index is 0.142. The molecule has 202 valence electrons. The second-order valence-corrected chi connectivity index (χ2v) is 10.7. The third-order valence-electron chi connectivity index (χ3n) is 7.91. The number of allylic oxidation sites excluding steroid dienone is 2. The number of rotatable bonds is 4. The normalized spacial score (nSPS) is 23.5. The first-order valence-corrected chi connectivity index (χ1v) is 13.4. The number of aliphatic imine (C=N–C) groups is 1. The summed E-state index contributed by atoms with van der Waals surface area (Å²) in [6.45, 7) is 11.9. The van der Waals surface area contributed by atoms with Gasteiger partial charge in [0.15, 0.2) is 0 Å². The second-order valence-electron chi connectivity index (χ2n) is 10.7. The SMILES string of the molecule is C=C1/C=C(/C)CCC(C)C(N2CCC3(CC2)NCCN(Cc2nn(C)nc2-c2ccnc(OC)c2)C3=O)=N1. The summed E-state index contributed by atoms with van der Waals surface area (Å²) < 4.78 is 5.29. The van der Waals surface area contributed by atoms with Crippen LogP contribution in [-0.4, -0.2) is 80.3 Å². The van der Waals surface area contributed by atoms with E-state index in [2.05, 4.69) is 51.9 Å². The molecule has 1 spiro atoms. The van der Waals surface area contributed by atoms with E-state index in [-0.39, 0.29) is 5.91 Å². The van der Waals surface area contributed by atoms with Crippen molar-refractivity contribution in [3.8, 4) is 17.1 Å². The Bertz CT molecular complexity index is 1270. The molecule has 1 unspecified atom stereocenters. The van der Waals surface area contributed by atoms with E-state index in [4.69, 9.17) is 9.73 Å². The molecule has 1 atom stereocenters. The van der Waals surface area contributed by atoms with E-state index in [1.807, 2.05) is 17.0 Å². The molecular weight excluding hydrogens is 480 g/mol. The molecular formula is C28H38N8O2. The van der Waals surface area contributed by atoms with Crippen LogP contribution in [0.4, 0.5) is 0 Å². The van der Waals surface area contributed by atoms with Gasteiger partial charge in [0.2, 0.25) is 11.8 Å². The van der Waals surface area contributed by atoms with Crippen LogP contribution in [0.5, 0.6) is 5.88 Å². The lowest BCUT2D eigenvalue weighted by molar-refractivity contribution is -0.144. The highest BCUT2D eigenvalue weighted by molar-refractivity contribution is 5.89. The zero-order valence-electron chi connectivity index (χ0n) is 22.9. The largest absolute Gasteiger partial charge is 0.481 e. The van der Waals surface area contributed by atoms with Gasteiger partial charge in [-0.15, -0.1) is 0 Å². The number of amidine groups is 1. The van der Waals surface area contributed by atoms with Gasteiger partial charge < -0.3 is 19.9 Å². The Morgan fingerprint density at radius 2 is 2.03 bits per heavy atom. The van der Waals surface area contributed by atoms with Crippen LogP contribution in [0.25, 0.3) is 11.3 Å². The van der Waals surface area contributed by atoms with Crippen molar-refractivity contribution in [3.05, 3.63) is 47.9 Å². The maximum Gasteiger partial charge on any atom is 0.243 e. The number of carbonyl (C=O) groups excluding carboxylic acids is 1. The molecule has 1 amide bonds. The molecule has 2 aromatic heterocycles. The maximum absolute atomic E-state index is 13.9. The van der Waals surface area contributed by atoms with Gasteiger partial charge in [0.1, 0.15) is 22.8 Å². The van der Waals surface area contributed by atoms with Crippen LogP contribution in [-0.2, 0) is 18.4 Å². The lowest BCUT2D eigenvalue weighted by Crippen LogP contribution is -2.67. The fraction of sp³-hybridized carbons (Fsp3) is 0.536. The highest BCUT2D eigenvalue weighted by Gasteiger charge is 2.46. The van der Waals surface area contributed by atoms with Gasteiger partial charge in [0.05, 0.1) is 19.4 Å². The van der Waals surface area contributed by atoms with Crippen molar-refractivity contribution in [1.82, 2.24) is 35.1 Å². The number of pyridine rings is 1. The Kier molecular flexibility index (Phi) is 7.34. The van der Waals surface area contributed by atoms with E-state index in [9.17, 15) is 4.79 Å². The van der Waals surface area contributed by atoms with E-state index < -0.39 is 5.54 Å². The number of aryl methyl sites for hydroxylation is 1. The van der Waals surface area contributed by atoms with Crippen LogP contribution >= 0.6 is 0 Å². The van der Waals surface area contributed by atoms with Crippen LogP contribution in [0.15, 0.2) is 47.2 Å². The Morgan fingerprint density at radius 3 is 2.79 bits per heavy atom. The molecule has 5 heterocycles. The van der Waals surface area contributed by atoms with Gasteiger partial charge in [-0.05, 0) is 44.7 Å². The Hall–Kier alpha value is -3.53. The lowest BCUT2D eigenvalue weighted by atomic mass is 9.83. The van der Waals surface area contributed by atoms with Gasteiger partial charge in [-0.1, -0.05) is 19.1 Å². The first-order valence-electron chi connectivity index (χ1n) is 13.4. The van der Waals surface area contributed by atoms with Gasteiger partial charge in [-0.2, -0.15) is 15.0 Å². The van der Waals surface area contributed by atoms with Crippen LogP contribution in [0.2, 0.25) is 0 Å². The highest BCUT2D eigenvalue weighted by atomic mass is 16.5. The van der Waals surface area contributed by atoms with Crippen LogP contribution in [0.1, 0.15) is 45.2 Å². The summed E-state index contributed by atoms with van der Waals surface area (Å²) in [4.78, 5) is 28.8. The highest BCUT2D eigenvalue weighted by Crippen LogP contribution is 2.31. The van der Waals surface area contributed by atoms with Gasteiger partial charge in [-0.25, -0.2) is 9.98 Å². The molecule has 10 nitrogen and oxygen atoms in total. The number of methoxy groups -OCH3 is 1. The predicted octanol–water partition coefficient (Wildman–Crippen LogP) is 2.94. The molecule has 0 aliphatic carbocycles. The van der Waals surface area contributed by atoms with E-state index >= 15 is 0 Å². The number of amides is 1. The topological polar surface area (TPSA) is 101 Å². The molecule has 2 fully saturated rings. The number of ether oxygens (including phenoxy) is 1. The number of hydrogen-bond donors (Lipinski definition) is 1. The van der Waals surface area contributed by atoms with E-state index in [0.717, 1.165) is 73.8 Å². The van der Waals surface area contributed by atoms with E-state index in [1.54, 1.807) is 25.2 Å². The minimum Gasteiger partial charge on any atom is -0.481 e. The summed E-state index contributed by atoms with van der Waals surface area (Å²) in [6.07, 6.45) is 7.39. The molecule has 0 bridgehead atoms. The molecule has 5 rings (SSSR count). The zero-order chi connectivity index (χ0) is 26.9. The smallest absolute Gasteiger partial charge is 0.243 e. The third kappa shape index (κ3) is 5.22. The molecule has 0 saturated carbocycles. The number of carbonyl (C=O) groups is 1. The first kappa shape index (κ1) is 26.1.